The van der Waals surface area contributed by atoms with Crippen molar-refractivity contribution in [2.24, 2.45) is 7.05 Å². The van der Waals surface area contributed by atoms with Gasteiger partial charge in [-0.1, -0.05) is 17.5 Å². The second kappa shape index (κ2) is 6.78. The molecule has 82 valence electrons. The second-order valence-corrected chi connectivity index (χ2v) is 4.48. The van der Waals surface area contributed by atoms with Gasteiger partial charge in [-0.05, 0) is 0 Å². The van der Waals surface area contributed by atoms with Gasteiger partial charge in [-0.3, -0.25) is 0 Å². The molecule has 3 nitrogen and oxygen atoms in total. The smallest absolute Gasteiger partial charge is 0.128 e. The zero-order valence-electron chi connectivity index (χ0n) is 8.66. The van der Waals surface area contributed by atoms with Gasteiger partial charge in [0.1, 0.15) is 11.0 Å². The molecule has 0 saturated heterocycles. The van der Waals surface area contributed by atoms with E-state index in [2.05, 4.69) is 16.2 Å². The molecule has 0 amide bonds. The Labute approximate surface area is 99.6 Å². The Hall–Kier alpha value is -0.630. The molecular weight excluding hydrogens is 230 g/mol. The number of rotatable bonds is 6. The third-order valence-electron chi connectivity index (χ3n) is 1.92. The van der Waals surface area contributed by atoms with E-state index in [1.807, 2.05) is 11.6 Å². The summed E-state index contributed by atoms with van der Waals surface area (Å²) in [7, 11) is 1.90. The van der Waals surface area contributed by atoms with Gasteiger partial charge in [-0.25, -0.2) is 4.98 Å². The Bertz CT molecular complexity index is 343. The van der Waals surface area contributed by atoms with Crippen LogP contribution in [0.25, 0.3) is 0 Å². The van der Waals surface area contributed by atoms with Crippen molar-refractivity contribution >= 4 is 23.4 Å². The zero-order valence-corrected chi connectivity index (χ0v) is 10.2. The minimum atomic E-state index is 0.661. The maximum atomic E-state index is 5.86. The van der Waals surface area contributed by atoms with Gasteiger partial charge in [0.25, 0.3) is 0 Å². The zero-order chi connectivity index (χ0) is 11.1. The Morgan fingerprint density at radius 2 is 2.53 bits per heavy atom. The number of terminal acetylenes is 1. The van der Waals surface area contributed by atoms with Gasteiger partial charge in [0, 0.05) is 19.3 Å². The molecule has 0 aliphatic rings. The Morgan fingerprint density at radius 1 is 1.73 bits per heavy atom. The molecule has 0 unspecified atom stereocenters. The molecule has 0 saturated carbocycles. The quantitative estimate of drug-likeness (QED) is 0.607. The third-order valence-corrected chi connectivity index (χ3v) is 3.13. The van der Waals surface area contributed by atoms with Crippen molar-refractivity contribution in [1.29, 1.82) is 0 Å². The largest absolute Gasteiger partial charge is 0.321 e. The van der Waals surface area contributed by atoms with Crippen molar-refractivity contribution in [3.63, 3.8) is 0 Å². The van der Waals surface area contributed by atoms with Gasteiger partial charge >= 0.3 is 0 Å². The summed E-state index contributed by atoms with van der Waals surface area (Å²) >= 11 is 7.60. The van der Waals surface area contributed by atoms with Gasteiger partial charge in [-0.2, -0.15) is 0 Å². The van der Waals surface area contributed by atoms with Crippen molar-refractivity contribution in [2.75, 3.05) is 18.1 Å². The number of aromatic nitrogens is 2. The summed E-state index contributed by atoms with van der Waals surface area (Å²) in [6.07, 6.45) is 6.80. The van der Waals surface area contributed by atoms with Crippen LogP contribution in [-0.2, 0) is 13.6 Å². The first-order chi connectivity index (χ1) is 7.25. The minimum Gasteiger partial charge on any atom is -0.321 e. The molecule has 0 aromatic carbocycles. The fraction of sp³-hybridized carbons (Fsp3) is 0.500. The van der Waals surface area contributed by atoms with Crippen LogP contribution in [0, 0.1) is 12.3 Å². The van der Waals surface area contributed by atoms with Crippen LogP contribution in [0.4, 0.5) is 0 Å². The molecule has 0 spiro atoms. The molecule has 1 aromatic rings. The monoisotopic (exact) mass is 243 g/mol. The van der Waals surface area contributed by atoms with E-state index < -0.39 is 0 Å². The number of halogens is 1. The maximum Gasteiger partial charge on any atom is 0.128 e. The molecule has 0 atom stereocenters. The molecule has 0 aliphatic carbocycles. The Kier molecular flexibility index (Phi) is 5.62. The Morgan fingerprint density at radius 3 is 3.13 bits per heavy atom. The summed E-state index contributed by atoms with van der Waals surface area (Å²) in [5.74, 6) is 5.33. The first-order valence-electron chi connectivity index (χ1n) is 4.63. The highest BCUT2D eigenvalue weighted by Gasteiger charge is 2.02. The fourth-order valence-electron chi connectivity index (χ4n) is 1.06. The highest BCUT2D eigenvalue weighted by molar-refractivity contribution is 7.99. The van der Waals surface area contributed by atoms with Crippen LogP contribution in [0.5, 0.6) is 0 Å². The fourth-order valence-corrected chi connectivity index (χ4v) is 1.76. The molecule has 0 aliphatic heterocycles. The summed E-state index contributed by atoms with van der Waals surface area (Å²) in [5, 5.41) is 3.94. The topological polar surface area (TPSA) is 29.9 Å². The molecular formula is C10H14ClN3S. The highest BCUT2D eigenvalue weighted by atomic mass is 35.5. The van der Waals surface area contributed by atoms with Crippen molar-refractivity contribution in [3.8, 4) is 12.3 Å². The van der Waals surface area contributed by atoms with Gasteiger partial charge in [0.2, 0.25) is 0 Å². The number of nitrogens with zero attached hydrogens (tertiary/aromatic N) is 2. The van der Waals surface area contributed by atoms with Crippen LogP contribution < -0.4 is 5.32 Å². The summed E-state index contributed by atoms with van der Waals surface area (Å²) in [6.45, 7) is 1.66. The van der Waals surface area contributed by atoms with Crippen LogP contribution in [0.3, 0.4) is 0 Å². The van der Waals surface area contributed by atoms with Crippen molar-refractivity contribution in [3.05, 3.63) is 17.2 Å². The number of thioether (sulfide) groups is 1. The maximum absolute atomic E-state index is 5.86. The predicted molar refractivity (Wildman–Crippen MR) is 66.1 cm³/mol. The number of imidazole rings is 1. The van der Waals surface area contributed by atoms with E-state index in [4.69, 9.17) is 18.0 Å². The van der Waals surface area contributed by atoms with Crippen molar-refractivity contribution in [2.45, 2.75) is 6.54 Å². The molecule has 1 N–H and O–H groups in total. The van der Waals surface area contributed by atoms with Crippen LogP contribution in [0.15, 0.2) is 6.20 Å². The molecule has 0 bridgehead atoms. The SMILES string of the molecule is C#CCSCCNCc1ncc(Cl)n1C. The second-order valence-electron chi connectivity index (χ2n) is 2.99. The molecule has 0 fully saturated rings. The van der Waals surface area contributed by atoms with E-state index in [0.29, 0.717) is 5.15 Å². The molecule has 1 heterocycles. The lowest BCUT2D eigenvalue weighted by molar-refractivity contribution is 0.665. The van der Waals surface area contributed by atoms with E-state index in [1.54, 1.807) is 18.0 Å². The van der Waals surface area contributed by atoms with Gasteiger partial charge < -0.3 is 9.88 Å². The summed E-state index contributed by atoms with van der Waals surface area (Å²) < 4.78 is 1.86. The Balaban J connectivity index is 2.16. The van der Waals surface area contributed by atoms with Crippen LogP contribution >= 0.6 is 23.4 Å². The number of nitrogens with one attached hydrogen (secondary N) is 1. The van der Waals surface area contributed by atoms with Crippen LogP contribution in [-0.4, -0.2) is 27.6 Å². The van der Waals surface area contributed by atoms with E-state index >= 15 is 0 Å². The van der Waals surface area contributed by atoms with Gasteiger partial charge in [0.15, 0.2) is 0 Å². The first-order valence-corrected chi connectivity index (χ1v) is 6.17. The molecule has 1 aromatic heterocycles. The standard InChI is InChI=1S/C10H14ClN3S/c1-3-5-15-6-4-12-8-10-13-7-9(11)14(10)2/h1,7,12H,4-6,8H2,2H3. The molecule has 1 rings (SSSR count). The van der Waals surface area contributed by atoms with Crippen LogP contribution in [0.1, 0.15) is 5.82 Å². The lowest BCUT2D eigenvalue weighted by Gasteiger charge is -2.04. The van der Waals surface area contributed by atoms with Crippen molar-refractivity contribution in [1.82, 2.24) is 14.9 Å². The van der Waals surface area contributed by atoms with E-state index in [9.17, 15) is 0 Å². The normalized spacial score (nSPS) is 10.2. The number of hydrogen-bond donors (Lipinski definition) is 1. The minimum absolute atomic E-state index is 0.661. The third kappa shape index (κ3) is 4.17. The van der Waals surface area contributed by atoms with E-state index in [0.717, 1.165) is 30.4 Å². The molecule has 15 heavy (non-hydrogen) atoms. The number of hydrogen-bond acceptors (Lipinski definition) is 3. The average molecular weight is 244 g/mol. The molecule has 0 radical (unpaired) electrons. The van der Waals surface area contributed by atoms with E-state index in [1.165, 1.54) is 0 Å². The van der Waals surface area contributed by atoms with E-state index in [-0.39, 0.29) is 0 Å². The summed E-state index contributed by atoms with van der Waals surface area (Å²) in [5.41, 5.74) is 0. The van der Waals surface area contributed by atoms with Gasteiger partial charge in [0.05, 0.1) is 18.5 Å². The summed E-state index contributed by atoms with van der Waals surface area (Å²) in [6, 6.07) is 0. The predicted octanol–water partition coefficient (Wildman–Crippen LogP) is 1.53. The lowest BCUT2D eigenvalue weighted by atomic mass is 10.5. The summed E-state index contributed by atoms with van der Waals surface area (Å²) in [4.78, 5) is 4.18. The van der Waals surface area contributed by atoms with Crippen LogP contribution in [0.2, 0.25) is 5.15 Å². The lowest BCUT2D eigenvalue weighted by Crippen LogP contribution is -2.19. The van der Waals surface area contributed by atoms with Gasteiger partial charge in [-0.15, -0.1) is 18.2 Å². The molecule has 5 heteroatoms. The highest BCUT2D eigenvalue weighted by Crippen LogP contribution is 2.08. The first kappa shape index (κ1) is 12.4. The van der Waals surface area contributed by atoms with Crippen molar-refractivity contribution < 1.29 is 0 Å². The average Bonchev–Trinajstić information content (AvgIpc) is 2.54.